The van der Waals surface area contributed by atoms with Gasteiger partial charge in [0.25, 0.3) is 0 Å². The van der Waals surface area contributed by atoms with Gasteiger partial charge < -0.3 is 10.5 Å². The Morgan fingerprint density at radius 2 is 1.90 bits per heavy atom. The lowest BCUT2D eigenvalue weighted by molar-refractivity contribution is 0.293. The van der Waals surface area contributed by atoms with Crippen molar-refractivity contribution in [2.45, 2.75) is 6.54 Å². The van der Waals surface area contributed by atoms with Crippen molar-refractivity contribution in [1.82, 2.24) is 9.78 Å². The highest BCUT2D eigenvalue weighted by molar-refractivity contribution is 5.94. The number of nitrogen functional groups attached to an aromatic ring is 1. The van der Waals surface area contributed by atoms with Crippen molar-refractivity contribution in [3.05, 3.63) is 60.3 Å². The number of hydrogen-bond acceptors (Lipinski definition) is 3. The fourth-order valence-electron chi connectivity index (χ4n) is 2.18. The molecule has 0 spiro atoms. The van der Waals surface area contributed by atoms with Gasteiger partial charge in [0, 0.05) is 10.9 Å². The van der Waals surface area contributed by atoms with Crippen LogP contribution in [0.3, 0.4) is 0 Å². The van der Waals surface area contributed by atoms with Gasteiger partial charge in [-0.1, -0.05) is 18.2 Å². The van der Waals surface area contributed by atoms with Crippen molar-refractivity contribution in [2.24, 2.45) is 5.73 Å². The van der Waals surface area contributed by atoms with Gasteiger partial charge in [0.15, 0.2) is 0 Å². The quantitative estimate of drug-likeness (QED) is 0.556. The molecule has 0 fully saturated rings. The first kappa shape index (κ1) is 13.2. The van der Waals surface area contributed by atoms with Crippen molar-refractivity contribution in [2.75, 3.05) is 6.61 Å². The molecule has 2 aromatic carbocycles. The van der Waals surface area contributed by atoms with E-state index in [-0.39, 0.29) is 5.84 Å². The number of nitrogens with one attached hydrogen (secondary N) is 1. The van der Waals surface area contributed by atoms with Crippen LogP contribution in [0.2, 0.25) is 0 Å². The first-order valence-corrected chi connectivity index (χ1v) is 6.72. The van der Waals surface area contributed by atoms with Crippen LogP contribution < -0.4 is 10.5 Å². The molecular weight excluding hydrogens is 264 g/mol. The van der Waals surface area contributed by atoms with Crippen LogP contribution in [0.4, 0.5) is 0 Å². The van der Waals surface area contributed by atoms with Gasteiger partial charge in [0.2, 0.25) is 0 Å². The Labute approximate surface area is 122 Å². The van der Waals surface area contributed by atoms with Crippen molar-refractivity contribution >= 4 is 16.7 Å². The van der Waals surface area contributed by atoms with E-state index >= 15 is 0 Å². The largest absolute Gasteiger partial charge is 0.492 e. The van der Waals surface area contributed by atoms with E-state index in [1.165, 1.54) is 0 Å². The van der Waals surface area contributed by atoms with E-state index in [0.717, 1.165) is 16.7 Å². The van der Waals surface area contributed by atoms with Gasteiger partial charge >= 0.3 is 0 Å². The van der Waals surface area contributed by atoms with Crippen LogP contribution in [0.15, 0.2) is 54.7 Å². The summed E-state index contributed by atoms with van der Waals surface area (Å²) in [6.07, 6.45) is 1.86. The van der Waals surface area contributed by atoms with Gasteiger partial charge in [-0.15, -0.1) is 0 Å². The molecule has 3 rings (SSSR count). The van der Waals surface area contributed by atoms with Crippen molar-refractivity contribution < 1.29 is 4.74 Å². The smallest absolute Gasteiger partial charge is 0.122 e. The number of rotatable bonds is 5. The molecule has 0 aliphatic carbocycles. The summed E-state index contributed by atoms with van der Waals surface area (Å²) in [6.45, 7) is 1.22. The molecule has 0 aliphatic rings. The Balaban J connectivity index is 1.62. The van der Waals surface area contributed by atoms with Crippen LogP contribution in [0.1, 0.15) is 5.56 Å². The van der Waals surface area contributed by atoms with E-state index in [1.807, 2.05) is 47.3 Å². The maximum Gasteiger partial charge on any atom is 0.122 e. The molecule has 1 heterocycles. The summed E-state index contributed by atoms with van der Waals surface area (Å²) in [5.41, 5.74) is 7.21. The van der Waals surface area contributed by atoms with E-state index in [1.54, 1.807) is 12.1 Å². The predicted octanol–water partition coefficient (Wildman–Crippen LogP) is 2.40. The average molecular weight is 280 g/mol. The van der Waals surface area contributed by atoms with Gasteiger partial charge in [-0.05, 0) is 30.3 Å². The topological polar surface area (TPSA) is 76.9 Å². The lowest BCUT2D eigenvalue weighted by atomic mass is 10.2. The standard InChI is InChI=1S/C16H16N4O/c17-16(18)12-5-7-14(8-6-12)21-10-9-20-15-4-2-1-3-13(15)11-19-20/h1-8,11H,9-10H2,(H3,17,18). The number of aromatic nitrogens is 2. The zero-order chi connectivity index (χ0) is 14.7. The minimum absolute atomic E-state index is 0.0598. The molecule has 0 saturated heterocycles. The Hall–Kier alpha value is -2.82. The number of para-hydroxylation sites is 1. The molecule has 0 amide bonds. The third kappa shape index (κ3) is 2.86. The third-order valence-corrected chi connectivity index (χ3v) is 3.29. The second kappa shape index (κ2) is 5.66. The summed E-state index contributed by atoms with van der Waals surface area (Å²) < 4.78 is 7.62. The van der Waals surface area contributed by atoms with E-state index < -0.39 is 0 Å². The molecule has 0 radical (unpaired) electrons. The first-order chi connectivity index (χ1) is 10.2. The van der Waals surface area contributed by atoms with Crippen LogP contribution in [0.25, 0.3) is 10.9 Å². The number of benzene rings is 2. The zero-order valence-electron chi connectivity index (χ0n) is 11.5. The van der Waals surface area contributed by atoms with E-state index in [0.29, 0.717) is 18.7 Å². The number of fused-ring (bicyclic) bond motifs is 1. The highest BCUT2D eigenvalue weighted by Gasteiger charge is 2.02. The van der Waals surface area contributed by atoms with Crippen LogP contribution >= 0.6 is 0 Å². The fraction of sp³-hybridized carbons (Fsp3) is 0.125. The Bertz CT molecular complexity index is 761. The maximum atomic E-state index is 7.34. The molecular formula is C16H16N4O. The molecule has 0 unspecified atom stereocenters. The number of nitrogens with two attached hydrogens (primary N) is 1. The Kier molecular flexibility index (Phi) is 3.55. The predicted molar refractivity (Wildman–Crippen MR) is 82.7 cm³/mol. The van der Waals surface area contributed by atoms with E-state index in [2.05, 4.69) is 5.10 Å². The molecule has 3 aromatic rings. The summed E-state index contributed by atoms with van der Waals surface area (Å²) >= 11 is 0. The van der Waals surface area contributed by atoms with Crippen LogP contribution in [-0.2, 0) is 6.54 Å². The van der Waals surface area contributed by atoms with Crippen molar-refractivity contribution in [3.8, 4) is 5.75 Å². The van der Waals surface area contributed by atoms with Gasteiger partial charge in [0.05, 0.1) is 18.3 Å². The SMILES string of the molecule is N=C(N)c1ccc(OCCn2ncc3ccccc32)cc1. The highest BCUT2D eigenvalue weighted by atomic mass is 16.5. The minimum atomic E-state index is 0.0598. The Morgan fingerprint density at radius 3 is 2.67 bits per heavy atom. The van der Waals surface area contributed by atoms with Gasteiger partial charge in [-0.2, -0.15) is 5.10 Å². The molecule has 21 heavy (non-hydrogen) atoms. The number of nitrogens with zero attached hydrogens (tertiary/aromatic N) is 2. The molecule has 1 aromatic heterocycles. The van der Waals surface area contributed by atoms with Crippen LogP contribution in [-0.4, -0.2) is 22.2 Å². The van der Waals surface area contributed by atoms with Crippen LogP contribution in [0, 0.1) is 5.41 Å². The molecule has 5 heteroatoms. The number of amidine groups is 1. The minimum Gasteiger partial charge on any atom is -0.492 e. The second-order valence-electron chi connectivity index (χ2n) is 4.71. The summed E-state index contributed by atoms with van der Waals surface area (Å²) in [5, 5.41) is 12.8. The summed E-state index contributed by atoms with van der Waals surface area (Å²) in [6, 6.07) is 15.3. The average Bonchev–Trinajstić information content (AvgIpc) is 2.91. The third-order valence-electron chi connectivity index (χ3n) is 3.29. The van der Waals surface area contributed by atoms with Gasteiger partial charge in [-0.3, -0.25) is 10.1 Å². The van der Waals surface area contributed by atoms with Gasteiger partial charge in [0.1, 0.15) is 18.2 Å². The van der Waals surface area contributed by atoms with Crippen LogP contribution in [0.5, 0.6) is 5.75 Å². The maximum absolute atomic E-state index is 7.34. The van der Waals surface area contributed by atoms with Crippen molar-refractivity contribution in [3.63, 3.8) is 0 Å². The summed E-state index contributed by atoms with van der Waals surface area (Å²) in [4.78, 5) is 0. The highest BCUT2D eigenvalue weighted by Crippen LogP contribution is 2.14. The van der Waals surface area contributed by atoms with Gasteiger partial charge in [-0.25, -0.2) is 0 Å². The normalized spacial score (nSPS) is 10.7. The number of hydrogen-bond donors (Lipinski definition) is 2. The summed E-state index contributed by atoms with van der Waals surface area (Å²) in [5.74, 6) is 0.820. The molecule has 3 N–H and O–H groups in total. The van der Waals surface area contributed by atoms with E-state index in [4.69, 9.17) is 15.9 Å². The fourth-order valence-corrected chi connectivity index (χ4v) is 2.18. The van der Waals surface area contributed by atoms with Crippen molar-refractivity contribution in [1.29, 1.82) is 5.41 Å². The zero-order valence-corrected chi connectivity index (χ0v) is 11.5. The number of ether oxygens (including phenoxy) is 1. The van der Waals surface area contributed by atoms with E-state index in [9.17, 15) is 0 Å². The molecule has 0 atom stereocenters. The molecule has 0 bridgehead atoms. The monoisotopic (exact) mass is 280 g/mol. The summed E-state index contributed by atoms with van der Waals surface area (Å²) in [7, 11) is 0. The first-order valence-electron chi connectivity index (χ1n) is 6.72. The Morgan fingerprint density at radius 1 is 1.14 bits per heavy atom. The lowest BCUT2D eigenvalue weighted by Gasteiger charge is -2.08. The molecule has 106 valence electrons. The molecule has 0 saturated carbocycles. The second-order valence-corrected chi connectivity index (χ2v) is 4.71. The molecule has 5 nitrogen and oxygen atoms in total. The lowest BCUT2D eigenvalue weighted by Crippen LogP contribution is -2.11. The molecule has 0 aliphatic heterocycles.